The van der Waals surface area contributed by atoms with Gasteiger partial charge in [-0.05, 0) is 105 Å². The van der Waals surface area contributed by atoms with Crippen LogP contribution in [0.25, 0.3) is 0 Å². The van der Waals surface area contributed by atoms with Gasteiger partial charge in [-0.15, -0.1) is 0 Å². The molecule has 0 unspecified atom stereocenters. The highest BCUT2D eigenvalue weighted by Gasteiger charge is 2.44. The molecule has 8 heteroatoms. The Morgan fingerprint density at radius 1 is 1.00 bits per heavy atom. The molecule has 2 aliphatic heterocycles. The summed E-state index contributed by atoms with van der Waals surface area (Å²) in [6.45, 7) is 1.86. The van der Waals surface area contributed by atoms with E-state index in [1.807, 2.05) is 6.07 Å². The van der Waals surface area contributed by atoms with Crippen molar-refractivity contribution in [3.05, 3.63) is 53.1 Å². The molecular weight excluding hydrogens is 502 g/mol. The smallest absolute Gasteiger partial charge is 0.341 e. The molecule has 2 heterocycles. The molecule has 4 aliphatic rings. The zero-order valence-corrected chi connectivity index (χ0v) is 22.9. The van der Waals surface area contributed by atoms with E-state index in [1.54, 1.807) is 16.4 Å². The molecule has 7 nitrogen and oxygen atoms in total. The molecule has 2 saturated carbocycles. The Kier molecular flexibility index (Phi) is 7.12. The van der Waals surface area contributed by atoms with E-state index in [0.717, 1.165) is 49.8 Å². The summed E-state index contributed by atoms with van der Waals surface area (Å²) >= 11 is 0. The Morgan fingerprint density at radius 2 is 1.79 bits per heavy atom. The van der Waals surface area contributed by atoms with Gasteiger partial charge in [0, 0.05) is 19.3 Å². The minimum Gasteiger partial charge on any atom is -0.492 e. The number of fused-ring (bicyclic) bond motifs is 1. The van der Waals surface area contributed by atoms with Crippen LogP contribution in [0.2, 0.25) is 0 Å². The molecule has 0 aromatic heterocycles. The molecule has 0 radical (unpaired) electrons. The Morgan fingerprint density at radius 3 is 2.47 bits per heavy atom. The van der Waals surface area contributed by atoms with Crippen LogP contribution in [-0.4, -0.2) is 47.4 Å². The monoisotopic (exact) mass is 539 g/mol. The van der Waals surface area contributed by atoms with Crippen LogP contribution in [0.1, 0.15) is 78.8 Å². The van der Waals surface area contributed by atoms with E-state index >= 15 is 0 Å². The van der Waals surface area contributed by atoms with Gasteiger partial charge in [-0.25, -0.2) is 13.2 Å². The predicted octanol–water partition coefficient (Wildman–Crippen LogP) is 5.47. The first-order chi connectivity index (χ1) is 18.5. The third-order valence-corrected chi connectivity index (χ3v) is 10.7. The number of hydrogen-bond acceptors (Lipinski definition) is 6. The Labute approximate surface area is 225 Å². The summed E-state index contributed by atoms with van der Waals surface area (Å²) in [7, 11) is -2.62. The van der Waals surface area contributed by atoms with Crippen molar-refractivity contribution in [1.82, 2.24) is 0 Å². The first-order valence-electron chi connectivity index (χ1n) is 14.1. The van der Waals surface area contributed by atoms with E-state index in [1.165, 1.54) is 38.0 Å². The topological polar surface area (TPSA) is 82.1 Å². The van der Waals surface area contributed by atoms with Gasteiger partial charge in [0.2, 0.25) is 0 Å². The number of ether oxygens (including phenoxy) is 3. The summed E-state index contributed by atoms with van der Waals surface area (Å²) in [6, 6.07) is 10.9. The lowest BCUT2D eigenvalue weighted by atomic mass is 9.79. The van der Waals surface area contributed by atoms with Gasteiger partial charge in [-0.1, -0.05) is 18.6 Å². The van der Waals surface area contributed by atoms with Gasteiger partial charge in [0.1, 0.15) is 11.3 Å². The normalized spacial score (nSPS) is 22.4. The zero-order valence-electron chi connectivity index (χ0n) is 22.1. The highest BCUT2D eigenvalue weighted by Crippen LogP contribution is 2.47. The molecule has 2 aliphatic carbocycles. The quantitative estimate of drug-likeness (QED) is 0.414. The van der Waals surface area contributed by atoms with E-state index in [9.17, 15) is 13.2 Å². The van der Waals surface area contributed by atoms with Crippen LogP contribution in [0.4, 0.5) is 5.69 Å². The molecule has 204 valence electrons. The summed E-state index contributed by atoms with van der Waals surface area (Å²) in [4.78, 5) is 12.8. The number of carbonyl (C=O) groups excluding carboxylic acids is 1. The number of carbonyl (C=O) groups is 1. The molecule has 0 spiro atoms. The first-order valence-corrected chi connectivity index (χ1v) is 15.5. The van der Waals surface area contributed by atoms with Crippen LogP contribution in [0.3, 0.4) is 0 Å². The molecule has 38 heavy (non-hydrogen) atoms. The van der Waals surface area contributed by atoms with Crippen molar-refractivity contribution in [2.75, 3.05) is 31.2 Å². The number of methoxy groups -OCH3 is 1. The highest BCUT2D eigenvalue weighted by molar-refractivity contribution is 7.92. The number of anilines is 1. The number of sulfonamides is 1. The number of benzene rings is 2. The number of hydrogen-bond donors (Lipinski definition) is 0. The van der Waals surface area contributed by atoms with E-state index in [0.29, 0.717) is 43.3 Å². The maximum atomic E-state index is 14.3. The Hall–Kier alpha value is -2.58. The molecule has 3 fully saturated rings. The third kappa shape index (κ3) is 4.93. The highest BCUT2D eigenvalue weighted by atomic mass is 32.2. The van der Waals surface area contributed by atoms with Crippen molar-refractivity contribution < 1.29 is 27.4 Å². The molecular formula is C30H37NO6S. The molecule has 2 aromatic carbocycles. The molecule has 0 bridgehead atoms. The van der Waals surface area contributed by atoms with Gasteiger partial charge in [-0.2, -0.15) is 0 Å². The number of nitrogens with zero attached hydrogens (tertiary/aromatic N) is 1. The van der Waals surface area contributed by atoms with Gasteiger partial charge in [0.05, 0.1) is 24.3 Å². The summed E-state index contributed by atoms with van der Waals surface area (Å²) in [6.07, 6.45) is 9.32. The van der Waals surface area contributed by atoms with Gasteiger partial charge >= 0.3 is 5.97 Å². The average Bonchev–Trinajstić information content (AvgIpc) is 3.76. The van der Waals surface area contributed by atoms with Crippen LogP contribution in [0.15, 0.2) is 41.3 Å². The molecule has 2 aromatic rings. The molecule has 0 N–H and O–H groups in total. The minimum absolute atomic E-state index is 0.0620. The van der Waals surface area contributed by atoms with Crippen LogP contribution in [0.5, 0.6) is 5.75 Å². The van der Waals surface area contributed by atoms with Crippen LogP contribution in [-0.2, 0) is 25.9 Å². The lowest BCUT2D eigenvalue weighted by Crippen LogP contribution is -2.45. The predicted molar refractivity (Wildman–Crippen MR) is 144 cm³/mol. The fourth-order valence-electron chi connectivity index (χ4n) is 6.13. The second-order valence-corrected chi connectivity index (χ2v) is 13.1. The van der Waals surface area contributed by atoms with E-state index < -0.39 is 16.0 Å². The zero-order chi connectivity index (χ0) is 26.3. The van der Waals surface area contributed by atoms with Gasteiger partial charge in [0.25, 0.3) is 10.0 Å². The lowest BCUT2D eigenvalue weighted by Gasteiger charge is -2.39. The van der Waals surface area contributed by atoms with E-state index in [-0.39, 0.29) is 16.5 Å². The third-order valence-electron chi connectivity index (χ3n) is 8.82. The average molecular weight is 540 g/mol. The Balaban J connectivity index is 1.33. The van der Waals surface area contributed by atoms with Crippen molar-refractivity contribution in [2.45, 2.75) is 74.6 Å². The van der Waals surface area contributed by atoms with Crippen LogP contribution < -0.4 is 9.04 Å². The second kappa shape index (κ2) is 10.5. The fourth-order valence-corrected chi connectivity index (χ4v) is 7.94. The Bertz CT molecular complexity index is 1290. The molecule has 1 atom stereocenters. The number of rotatable bonds is 8. The largest absolute Gasteiger partial charge is 0.492 e. The summed E-state index contributed by atoms with van der Waals surface area (Å²) in [5.74, 6) is 1.07. The standard InChI is InChI=1S/C30H37NO6S/c1-35-30(32)26-18-25(9-12-29(26)37-19-20-13-15-36-16-14-20)38(33,34)31-27(22-5-6-22)11-8-24-17-23(7-10-28(24)31)21-3-2-4-21/h7,9-10,12,17-18,20-22,27H,2-6,8,11,13-16,19H2,1H3/t27-/m0/s1. The summed E-state index contributed by atoms with van der Waals surface area (Å²) in [5, 5.41) is 0. The SMILES string of the molecule is COC(=O)c1cc(S(=O)(=O)N2c3ccc(C4CCC4)cc3CC[C@H]2C2CC2)ccc1OCC1CCOCC1. The van der Waals surface area contributed by atoms with Gasteiger partial charge < -0.3 is 14.2 Å². The van der Waals surface area contributed by atoms with Crippen LogP contribution >= 0.6 is 0 Å². The van der Waals surface area contributed by atoms with E-state index in [2.05, 4.69) is 12.1 Å². The molecule has 1 saturated heterocycles. The maximum Gasteiger partial charge on any atom is 0.341 e. The summed E-state index contributed by atoms with van der Waals surface area (Å²) < 4.78 is 46.7. The molecule has 6 rings (SSSR count). The molecule has 0 amide bonds. The lowest BCUT2D eigenvalue weighted by molar-refractivity contribution is 0.0483. The number of esters is 1. The van der Waals surface area contributed by atoms with Gasteiger partial charge in [0.15, 0.2) is 0 Å². The van der Waals surface area contributed by atoms with Crippen molar-refractivity contribution >= 4 is 21.7 Å². The maximum absolute atomic E-state index is 14.3. The number of aryl methyl sites for hydroxylation is 1. The fraction of sp³-hybridized carbons (Fsp3) is 0.567. The van der Waals surface area contributed by atoms with E-state index in [4.69, 9.17) is 14.2 Å². The van der Waals surface area contributed by atoms with Crippen molar-refractivity contribution in [3.63, 3.8) is 0 Å². The van der Waals surface area contributed by atoms with Crippen LogP contribution in [0, 0.1) is 11.8 Å². The van der Waals surface area contributed by atoms with Crippen molar-refractivity contribution in [1.29, 1.82) is 0 Å². The second-order valence-electron chi connectivity index (χ2n) is 11.3. The minimum atomic E-state index is -3.92. The summed E-state index contributed by atoms with van der Waals surface area (Å²) in [5.41, 5.74) is 3.37. The van der Waals surface area contributed by atoms with Gasteiger partial charge in [-0.3, -0.25) is 4.31 Å². The van der Waals surface area contributed by atoms with Crippen molar-refractivity contribution in [2.24, 2.45) is 11.8 Å². The first kappa shape index (κ1) is 25.7. The van der Waals surface area contributed by atoms with Crippen molar-refractivity contribution in [3.8, 4) is 5.75 Å².